The Balaban J connectivity index is 0.00000121. The van der Waals surface area contributed by atoms with Crippen molar-refractivity contribution in [1.82, 2.24) is 0 Å². The third-order valence-electron chi connectivity index (χ3n) is 1.19. The number of phenolic OH excluding ortho intramolecular Hbond substituents is 2. The molecule has 0 aliphatic heterocycles. The highest BCUT2D eigenvalue weighted by Gasteiger charge is 2.14. The van der Waals surface area contributed by atoms with Crippen LogP contribution >= 0.6 is 17.0 Å². The smallest absolute Gasteiger partial charge is 0.314 e. The molecule has 66 valence electrons. The summed E-state index contributed by atoms with van der Waals surface area (Å²) in [6.07, 6.45) is 0. The van der Waals surface area contributed by atoms with Gasteiger partial charge < -0.3 is 10.2 Å². The Kier molecular flexibility index (Phi) is 3.49. The minimum Gasteiger partial charge on any atom is -0.504 e. The molecule has 12 heavy (non-hydrogen) atoms. The number of phenols is 2. The van der Waals surface area contributed by atoms with Crippen LogP contribution in [0.4, 0.5) is 5.69 Å². The van der Waals surface area contributed by atoms with E-state index in [9.17, 15) is 10.1 Å². The number of aromatic hydroxyl groups is 2. The number of rotatable bonds is 1. The zero-order valence-electron chi connectivity index (χ0n) is 5.80. The molecular formula is C6H6BrNO4. The third-order valence-corrected chi connectivity index (χ3v) is 1.19. The lowest BCUT2D eigenvalue weighted by Gasteiger charge is -1.96. The topological polar surface area (TPSA) is 83.6 Å². The molecule has 0 atom stereocenters. The molecule has 0 aromatic heterocycles. The van der Waals surface area contributed by atoms with Crippen molar-refractivity contribution in [3.8, 4) is 11.5 Å². The molecule has 0 saturated carbocycles. The first-order chi connectivity index (χ1) is 5.13. The Labute approximate surface area is 78.2 Å². The van der Waals surface area contributed by atoms with Crippen molar-refractivity contribution >= 4 is 22.7 Å². The molecule has 0 bridgehead atoms. The van der Waals surface area contributed by atoms with Crippen LogP contribution in [-0.2, 0) is 0 Å². The van der Waals surface area contributed by atoms with Crippen LogP contribution in [0.3, 0.4) is 0 Å². The highest BCUT2D eigenvalue weighted by molar-refractivity contribution is 8.93. The fraction of sp³-hybridized carbons (Fsp3) is 0. The van der Waals surface area contributed by atoms with E-state index >= 15 is 0 Å². The normalized spacial score (nSPS) is 8.67. The van der Waals surface area contributed by atoms with Gasteiger partial charge in [-0.3, -0.25) is 10.1 Å². The number of nitro benzene ring substituents is 1. The van der Waals surface area contributed by atoms with E-state index in [2.05, 4.69) is 0 Å². The first kappa shape index (κ1) is 10.7. The third kappa shape index (κ3) is 1.85. The van der Waals surface area contributed by atoms with Crippen molar-refractivity contribution in [3.63, 3.8) is 0 Å². The Hall–Kier alpha value is -1.30. The lowest BCUT2D eigenvalue weighted by molar-refractivity contribution is -0.386. The van der Waals surface area contributed by atoms with Crippen LogP contribution in [0, 0.1) is 10.1 Å². The van der Waals surface area contributed by atoms with Crippen LogP contribution in [0.1, 0.15) is 0 Å². The lowest BCUT2D eigenvalue weighted by atomic mass is 10.3. The standard InChI is InChI=1S/C6H5NO4.BrH/c8-5-3-1-2-4(6(5)9)7(10)11;/h1-3,8-9H;1H. The number of hydrogen-bond acceptors (Lipinski definition) is 4. The fourth-order valence-corrected chi connectivity index (χ4v) is 0.667. The summed E-state index contributed by atoms with van der Waals surface area (Å²) in [7, 11) is 0. The summed E-state index contributed by atoms with van der Waals surface area (Å²) in [5.74, 6) is -1.18. The van der Waals surface area contributed by atoms with Crippen LogP contribution < -0.4 is 0 Å². The number of nitro groups is 1. The Bertz CT molecular complexity index is 302. The highest BCUT2D eigenvalue weighted by Crippen LogP contribution is 2.33. The van der Waals surface area contributed by atoms with Gasteiger partial charge in [0.05, 0.1) is 4.92 Å². The maximum absolute atomic E-state index is 10.1. The maximum atomic E-state index is 10.1. The second kappa shape index (κ2) is 3.91. The minimum absolute atomic E-state index is 0. The van der Waals surface area contributed by atoms with Gasteiger partial charge in [-0.15, -0.1) is 17.0 Å². The molecule has 0 fully saturated rings. The molecule has 0 aliphatic rings. The van der Waals surface area contributed by atoms with Crippen LogP contribution in [0.25, 0.3) is 0 Å². The average Bonchev–Trinajstić information content (AvgIpc) is 1.94. The van der Waals surface area contributed by atoms with Crippen molar-refractivity contribution in [2.24, 2.45) is 0 Å². The van der Waals surface area contributed by atoms with Crippen molar-refractivity contribution in [1.29, 1.82) is 0 Å². The Morgan fingerprint density at radius 2 is 1.92 bits per heavy atom. The Morgan fingerprint density at radius 3 is 2.33 bits per heavy atom. The molecule has 0 spiro atoms. The van der Waals surface area contributed by atoms with Crippen molar-refractivity contribution in [2.75, 3.05) is 0 Å². The van der Waals surface area contributed by atoms with E-state index in [0.29, 0.717) is 0 Å². The summed E-state index contributed by atoms with van der Waals surface area (Å²) >= 11 is 0. The molecule has 0 aliphatic carbocycles. The molecular weight excluding hydrogens is 230 g/mol. The summed E-state index contributed by atoms with van der Waals surface area (Å²) in [4.78, 5) is 9.34. The zero-order chi connectivity index (χ0) is 8.43. The summed E-state index contributed by atoms with van der Waals surface area (Å²) in [6.45, 7) is 0. The molecule has 0 unspecified atom stereocenters. The van der Waals surface area contributed by atoms with Crippen molar-refractivity contribution in [3.05, 3.63) is 28.3 Å². The number of benzene rings is 1. The van der Waals surface area contributed by atoms with E-state index in [-0.39, 0.29) is 17.0 Å². The highest BCUT2D eigenvalue weighted by atomic mass is 79.9. The predicted molar refractivity (Wildman–Crippen MR) is 46.7 cm³/mol. The molecule has 0 radical (unpaired) electrons. The van der Waals surface area contributed by atoms with E-state index in [1.807, 2.05) is 0 Å². The van der Waals surface area contributed by atoms with E-state index < -0.39 is 22.1 Å². The van der Waals surface area contributed by atoms with Gasteiger partial charge in [-0.05, 0) is 6.07 Å². The summed E-state index contributed by atoms with van der Waals surface area (Å²) < 4.78 is 0. The van der Waals surface area contributed by atoms with E-state index in [1.54, 1.807) is 0 Å². The van der Waals surface area contributed by atoms with Gasteiger partial charge in [-0.2, -0.15) is 0 Å². The molecule has 1 aromatic rings. The quantitative estimate of drug-likeness (QED) is 0.440. The van der Waals surface area contributed by atoms with Gasteiger partial charge in [-0.25, -0.2) is 0 Å². The van der Waals surface area contributed by atoms with Gasteiger partial charge >= 0.3 is 5.69 Å². The molecule has 2 N–H and O–H groups in total. The fourth-order valence-electron chi connectivity index (χ4n) is 0.667. The molecule has 0 heterocycles. The van der Waals surface area contributed by atoms with Gasteiger partial charge in [0, 0.05) is 6.07 Å². The molecule has 0 amide bonds. The van der Waals surface area contributed by atoms with Crippen molar-refractivity contribution < 1.29 is 15.1 Å². The number of nitrogens with zero attached hydrogens (tertiary/aromatic N) is 1. The van der Waals surface area contributed by atoms with E-state index in [1.165, 1.54) is 12.1 Å². The number of para-hydroxylation sites is 1. The maximum Gasteiger partial charge on any atom is 0.314 e. The monoisotopic (exact) mass is 235 g/mol. The zero-order valence-corrected chi connectivity index (χ0v) is 7.51. The van der Waals surface area contributed by atoms with Gasteiger partial charge in [0.25, 0.3) is 0 Å². The molecule has 6 heteroatoms. The molecule has 0 saturated heterocycles. The largest absolute Gasteiger partial charge is 0.504 e. The molecule has 5 nitrogen and oxygen atoms in total. The second-order valence-electron chi connectivity index (χ2n) is 1.90. The summed E-state index contributed by atoms with van der Waals surface area (Å²) in [5, 5.41) is 27.8. The van der Waals surface area contributed by atoms with Gasteiger partial charge in [-0.1, -0.05) is 6.07 Å². The second-order valence-corrected chi connectivity index (χ2v) is 1.90. The Morgan fingerprint density at radius 1 is 1.33 bits per heavy atom. The summed E-state index contributed by atoms with van der Waals surface area (Å²) in [5.41, 5.74) is -0.495. The molecule has 1 aromatic carbocycles. The lowest BCUT2D eigenvalue weighted by Crippen LogP contribution is -1.87. The number of halogens is 1. The van der Waals surface area contributed by atoms with Gasteiger partial charge in [0.15, 0.2) is 5.75 Å². The predicted octanol–water partition coefficient (Wildman–Crippen LogP) is 1.58. The first-order valence-corrected chi connectivity index (χ1v) is 2.78. The van der Waals surface area contributed by atoms with Crippen LogP contribution in [0.5, 0.6) is 11.5 Å². The van der Waals surface area contributed by atoms with Crippen LogP contribution in [-0.4, -0.2) is 15.1 Å². The average molecular weight is 236 g/mol. The number of hydrogen-bond donors (Lipinski definition) is 2. The van der Waals surface area contributed by atoms with Gasteiger partial charge in [0.2, 0.25) is 5.75 Å². The summed E-state index contributed by atoms with van der Waals surface area (Å²) in [6, 6.07) is 3.56. The van der Waals surface area contributed by atoms with Crippen molar-refractivity contribution in [2.45, 2.75) is 0 Å². The van der Waals surface area contributed by atoms with Gasteiger partial charge in [0.1, 0.15) is 0 Å². The molecule has 1 rings (SSSR count). The van der Waals surface area contributed by atoms with Crippen LogP contribution in [0.15, 0.2) is 18.2 Å². The van der Waals surface area contributed by atoms with E-state index in [4.69, 9.17) is 10.2 Å². The first-order valence-electron chi connectivity index (χ1n) is 2.78. The SMILES string of the molecule is Br.O=[N+]([O-])c1cccc(O)c1O. The van der Waals surface area contributed by atoms with Crippen LogP contribution in [0.2, 0.25) is 0 Å². The minimum atomic E-state index is -0.769. The van der Waals surface area contributed by atoms with E-state index in [0.717, 1.165) is 6.07 Å².